The number of aryl methyl sites for hydroxylation is 2. The Hall–Kier alpha value is -1.86. The van der Waals surface area contributed by atoms with Crippen LogP contribution in [0.3, 0.4) is 0 Å². The number of hydrogen-bond donors (Lipinski definition) is 0. The molecule has 1 atom stereocenters. The smallest absolute Gasteiger partial charge is 0.332 e. The fraction of sp³-hybridized carbons (Fsp3) is 0.615. The van der Waals surface area contributed by atoms with Crippen LogP contribution >= 0.6 is 0 Å². The van der Waals surface area contributed by atoms with E-state index < -0.39 is 24.7 Å². The molecule has 116 valence electrons. The van der Waals surface area contributed by atoms with E-state index in [1.807, 2.05) is 0 Å². The number of halogens is 3. The SMILES string of the molecule is Cc1cc(C)nc(N(C)C2CCN(CC(F)(F)F)C2=O)n1. The fourth-order valence-corrected chi connectivity index (χ4v) is 2.46. The molecule has 2 rings (SSSR count). The first-order chi connectivity index (χ1) is 9.67. The molecule has 0 aromatic carbocycles. The van der Waals surface area contributed by atoms with Gasteiger partial charge in [-0.3, -0.25) is 4.79 Å². The summed E-state index contributed by atoms with van der Waals surface area (Å²) < 4.78 is 37.2. The molecule has 1 amide bonds. The van der Waals surface area contributed by atoms with Gasteiger partial charge in [-0.05, 0) is 26.3 Å². The van der Waals surface area contributed by atoms with Crippen LogP contribution in [0.4, 0.5) is 19.1 Å². The predicted octanol–water partition coefficient (Wildman–Crippen LogP) is 1.69. The second kappa shape index (κ2) is 5.50. The van der Waals surface area contributed by atoms with Gasteiger partial charge < -0.3 is 9.80 Å². The van der Waals surface area contributed by atoms with Crippen LogP contribution < -0.4 is 4.90 Å². The van der Waals surface area contributed by atoms with E-state index in [1.54, 1.807) is 31.9 Å². The number of likely N-dealkylation sites (tertiary alicyclic amines) is 1. The van der Waals surface area contributed by atoms with Gasteiger partial charge in [-0.1, -0.05) is 0 Å². The van der Waals surface area contributed by atoms with Crippen molar-refractivity contribution in [3.8, 4) is 0 Å². The molecule has 1 saturated heterocycles. The van der Waals surface area contributed by atoms with Gasteiger partial charge in [0.05, 0.1) is 0 Å². The Bertz CT molecular complexity index is 526. The summed E-state index contributed by atoms with van der Waals surface area (Å²) in [6.45, 7) is 2.50. The minimum absolute atomic E-state index is 0.0954. The summed E-state index contributed by atoms with van der Waals surface area (Å²) in [5.41, 5.74) is 1.50. The van der Waals surface area contributed by atoms with Gasteiger partial charge in [0.1, 0.15) is 12.6 Å². The van der Waals surface area contributed by atoms with Crippen molar-refractivity contribution in [2.45, 2.75) is 32.5 Å². The lowest BCUT2D eigenvalue weighted by atomic mass is 10.2. The quantitative estimate of drug-likeness (QED) is 0.852. The monoisotopic (exact) mass is 302 g/mol. The molecule has 0 bridgehead atoms. The first-order valence-electron chi connectivity index (χ1n) is 6.58. The Morgan fingerprint density at radius 1 is 1.33 bits per heavy atom. The van der Waals surface area contributed by atoms with Crippen molar-refractivity contribution >= 4 is 11.9 Å². The number of carbonyl (C=O) groups excluding carboxylic acids is 1. The van der Waals surface area contributed by atoms with Crippen LogP contribution in [0.5, 0.6) is 0 Å². The topological polar surface area (TPSA) is 49.3 Å². The maximum absolute atomic E-state index is 12.4. The Balaban J connectivity index is 2.14. The lowest BCUT2D eigenvalue weighted by Crippen LogP contribution is -2.43. The molecule has 21 heavy (non-hydrogen) atoms. The molecule has 2 heterocycles. The van der Waals surface area contributed by atoms with Crippen LogP contribution in [-0.4, -0.2) is 53.1 Å². The summed E-state index contributed by atoms with van der Waals surface area (Å²) in [7, 11) is 1.63. The number of nitrogens with zero attached hydrogens (tertiary/aromatic N) is 4. The third-order valence-electron chi connectivity index (χ3n) is 3.39. The normalized spacial score (nSPS) is 19.2. The Kier molecular flexibility index (Phi) is 4.06. The molecule has 0 spiro atoms. The van der Waals surface area contributed by atoms with Gasteiger partial charge >= 0.3 is 6.18 Å². The summed E-state index contributed by atoms with van der Waals surface area (Å²) in [5.74, 6) is -0.169. The predicted molar refractivity (Wildman–Crippen MR) is 70.9 cm³/mol. The maximum Gasteiger partial charge on any atom is 0.406 e. The highest BCUT2D eigenvalue weighted by atomic mass is 19.4. The summed E-state index contributed by atoms with van der Waals surface area (Å²) in [6.07, 6.45) is -4.04. The van der Waals surface area contributed by atoms with E-state index in [0.717, 1.165) is 16.3 Å². The summed E-state index contributed by atoms with van der Waals surface area (Å²) in [6, 6.07) is 1.15. The van der Waals surface area contributed by atoms with Crippen LogP contribution in [0, 0.1) is 13.8 Å². The summed E-state index contributed by atoms with van der Waals surface area (Å²) in [5, 5.41) is 0. The molecule has 0 saturated carbocycles. The summed E-state index contributed by atoms with van der Waals surface area (Å²) >= 11 is 0. The fourth-order valence-electron chi connectivity index (χ4n) is 2.46. The van der Waals surface area contributed by atoms with E-state index in [2.05, 4.69) is 9.97 Å². The standard InChI is InChI=1S/C13H17F3N4O/c1-8-6-9(2)18-12(17-8)19(3)10-4-5-20(11(10)21)7-13(14,15)16/h6,10H,4-5,7H2,1-3H3. The van der Waals surface area contributed by atoms with E-state index in [0.29, 0.717) is 12.4 Å². The van der Waals surface area contributed by atoms with Crippen LogP contribution in [0.2, 0.25) is 0 Å². The Labute approximate surface area is 120 Å². The van der Waals surface area contributed by atoms with Crippen molar-refractivity contribution in [3.05, 3.63) is 17.5 Å². The first kappa shape index (κ1) is 15.5. The highest BCUT2D eigenvalue weighted by molar-refractivity contribution is 5.86. The van der Waals surface area contributed by atoms with Crippen LogP contribution in [0.25, 0.3) is 0 Å². The molecular weight excluding hydrogens is 285 g/mol. The highest BCUT2D eigenvalue weighted by Crippen LogP contribution is 2.24. The molecule has 8 heteroatoms. The molecule has 5 nitrogen and oxygen atoms in total. The zero-order chi connectivity index (χ0) is 15.8. The van der Waals surface area contributed by atoms with E-state index in [9.17, 15) is 18.0 Å². The maximum atomic E-state index is 12.4. The van der Waals surface area contributed by atoms with Crippen LogP contribution in [0.15, 0.2) is 6.07 Å². The van der Waals surface area contributed by atoms with Gasteiger partial charge in [0, 0.05) is 25.0 Å². The van der Waals surface area contributed by atoms with Gasteiger partial charge in [0.15, 0.2) is 0 Å². The molecule has 1 fully saturated rings. The number of hydrogen-bond acceptors (Lipinski definition) is 4. The Morgan fingerprint density at radius 3 is 2.43 bits per heavy atom. The van der Waals surface area contributed by atoms with E-state index in [4.69, 9.17) is 0 Å². The lowest BCUT2D eigenvalue weighted by molar-refractivity contribution is -0.157. The van der Waals surface area contributed by atoms with Crippen molar-refractivity contribution in [2.75, 3.05) is 25.0 Å². The van der Waals surface area contributed by atoms with Gasteiger partial charge in [0.25, 0.3) is 0 Å². The zero-order valence-corrected chi connectivity index (χ0v) is 12.1. The van der Waals surface area contributed by atoms with E-state index in [-0.39, 0.29) is 6.54 Å². The molecule has 0 N–H and O–H groups in total. The number of anilines is 1. The summed E-state index contributed by atoms with van der Waals surface area (Å²) in [4.78, 5) is 23.0. The second-order valence-electron chi connectivity index (χ2n) is 5.24. The van der Waals surface area contributed by atoms with Crippen LogP contribution in [0.1, 0.15) is 17.8 Å². The largest absolute Gasteiger partial charge is 0.406 e. The van der Waals surface area contributed by atoms with Crippen molar-refractivity contribution in [2.24, 2.45) is 0 Å². The lowest BCUT2D eigenvalue weighted by Gasteiger charge is -2.24. The number of likely N-dealkylation sites (N-methyl/N-ethyl adjacent to an activating group) is 1. The number of alkyl halides is 3. The third-order valence-corrected chi connectivity index (χ3v) is 3.39. The minimum atomic E-state index is -4.38. The highest BCUT2D eigenvalue weighted by Gasteiger charge is 2.41. The number of rotatable bonds is 3. The van der Waals surface area contributed by atoms with E-state index in [1.165, 1.54) is 0 Å². The Morgan fingerprint density at radius 2 is 1.90 bits per heavy atom. The number of aromatic nitrogens is 2. The number of amides is 1. The molecule has 0 aliphatic carbocycles. The van der Waals surface area contributed by atoms with Crippen LogP contribution in [-0.2, 0) is 4.79 Å². The van der Waals surface area contributed by atoms with Gasteiger partial charge in [-0.25, -0.2) is 9.97 Å². The molecule has 0 radical (unpaired) electrons. The average molecular weight is 302 g/mol. The first-order valence-corrected chi connectivity index (χ1v) is 6.58. The molecule has 1 unspecified atom stereocenters. The van der Waals surface area contributed by atoms with Crippen molar-refractivity contribution < 1.29 is 18.0 Å². The zero-order valence-electron chi connectivity index (χ0n) is 12.1. The second-order valence-corrected chi connectivity index (χ2v) is 5.24. The van der Waals surface area contributed by atoms with Gasteiger partial charge in [-0.15, -0.1) is 0 Å². The molecule has 1 aromatic rings. The molecule has 1 aromatic heterocycles. The minimum Gasteiger partial charge on any atom is -0.332 e. The third kappa shape index (κ3) is 3.62. The molecule has 1 aliphatic heterocycles. The van der Waals surface area contributed by atoms with Crippen molar-refractivity contribution in [3.63, 3.8) is 0 Å². The molecular formula is C13H17F3N4O. The molecule has 1 aliphatic rings. The van der Waals surface area contributed by atoms with Gasteiger partial charge in [-0.2, -0.15) is 13.2 Å². The van der Waals surface area contributed by atoms with E-state index >= 15 is 0 Å². The van der Waals surface area contributed by atoms with Crippen molar-refractivity contribution in [1.29, 1.82) is 0 Å². The van der Waals surface area contributed by atoms with Gasteiger partial charge in [0.2, 0.25) is 11.9 Å². The van der Waals surface area contributed by atoms with Crippen molar-refractivity contribution in [1.82, 2.24) is 14.9 Å². The number of carbonyl (C=O) groups is 1. The average Bonchev–Trinajstić information content (AvgIpc) is 2.67.